The maximum Gasteiger partial charge on any atom is 0.224 e. The third kappa shape index (κ3) is 3.54. The third-order valence-electron chi connectivity index (χ3n) is 2.74. The van der Waals surface area contributed by atoms with E-state index < -0.39 is 11.3 Å². The maximum absolute atomic E-state index is 13.1. The Morgan fingerprint density at radius 3 is 2.78 bits per heavy atom. The molecule has 1 rings (SSSR count). The van der Waals surface area contributed by atoms with E-state index in [0.717, 1.165) is 0 Å². The van der Waals surface area contributed by atoms with Gasteiger partial charge in [0.1, 0.15) is 5.82 Å². The fourth-order valence-electron chi connectivity index (χ4n) is 1.41. The van der Waals surface area contributed by atoms with E-state index in [2.05, 4.69) is 5.32 Å². The van der Waals surface area contributed by atoms with Crippen molar-refractivity contribution < 1.29 is 9.18 Å². The van der Waals surface area contributed by atoms with E-state index in [1.807, 2.05) is 6.07 Å². The van der Waals surface area contributed by atoms with Crippen LogP contribution in [-0.4, -0.2) is 12.5 Å². The van der Waals surface area contributed by atoms with Crippen LogP contribution in [0, 0.1) is 22.6 Å². The summed E-state index contributed by atoms with van der Waals surface area (Å²) in [7, 11) is 0. The molecular weight excluding hydrogens is 233 g/mol. The van der Waals surface area contributed by atoms with Gasteiger partial charge < -0.3 is 11.1 Å². The molecule has 0 atom stereocenters. The second-order valence-corrected chi connectivity index (χ2v) is 4.76. The van der Waals surface area contributed by atoms with Crippen LogP contribution < -0.4 is 11.1 Å². The summed E-state index contributed by atoms with van der Waals surface area (Å²) in [5.74, 6) is -0.797. The molecule has 0 saturated heterocycles. The summed E-state index contributed by atoms with van der Waals surface area (Å²) in [6, 6.07) is 5.98. The lowest BCUT2D eigenvalue weighted by Crippen LogP contribution is -2.40. The molecule has 1 aromatic rings. The van der Waals surface area contributed by atoms with Gasteiger partial charge in [0.05, 0.1) is 17.0 Å². The monoisotopic (exact) mass is 249 g/mol. The number of nitrogens with two attached hydrogens (primary N) is 1. The largest absolute Gasteiger partial charge is 0.369 e. The quantitative estimate of drug-likeness (QED) is 0.825. The first-order chi connectivity index (χ1) is 8.36. The Hall–Kier alpha value is -1.93. The van der Waals surface area contributed by atoms with E-state index >= 15 is 0 Å². The number of hydrogen-bond acceptors (Lipinski definition) is 3. The van der Waals surface area contributed by atoms with Crippen molar-refractivity contribution in [2.24, 2.45) is 11.1 Å². The molecule has 0 fully saturated rings. The fourth-order valence-corrected chi connectivity index (χ4v) is 1.41. The Balaban J connectivity index is 2.68. The lowest BCUT2D eigenvalue weighted by Gasteiger charge is -2.21. The number of rotatable bonds is 5. The van der Waals surface area contributed by atoms with Gasteiger partial charge in [-0.3, -0.25) is 4.79 Å². The van der Waals surface area contributed by atoms with Crippen LogP contribution in [0.15, 0.2) is 18.2 Å². The van der Waals surface area contributed by atoms with Gasteiger partial charge in [-0.05, 0) is 37.6 Å². The second-order valence-electron chi connectivity index (χ2n) is 4.76. The molecule has 0 aliphatic carbocycles. The summed E-state index contributed by atoms with van der Waals surface area (Å²) in [5.41, 5.74) is 5.54. The van der Waals surface area contributed by atoms with Crippen molar-refractivity contribution in [3.63, 3.8) is 0 Å². The first-order valence-corrected chi connectivity index (χ1v) is 5.56. The summed E-state index contributed by atoms with van der Waals surface area (Å²) < 4.78 is 13.1. The maximum atomic E-state index is 13.1. The van der Waals surface area contributed by atoms with Gasteiger partial charge in [-0.2, -0.15) is 5.26 Å². The van der Waals surface area contributed by atoms with Gasteiger partial charge in [-0.15, -0.1) is 0 Å². The minimum absolute atomic E-state index is 0.317. The van der Waals surface area contributed by atoms with Gasteiger partial charge in [0.25, 0.3) is 0 Å². The van der Waals surface area contributed by atoms with Crippen LogP contribution in [0.1, 0.15) is 25.0 Å². The van der Waals surface area contributed by atoms with Gasteiger partial charge >= 0.3 is 0 Å². The fraction of sp³-hybridized carbons (Fsp3) is 0.385. The normalized spacial score (nSPS) is 11.0. The lowest BCUT2D eigenvalue weighted by atomic mass is 9.92. The van der Waals surface area contributed by atoms with Crippen LogP contribution in [0.5, 0.6) is 0 Å². The van der Waals surface area contributed by atoms with Gasteiger partial charge in [0.15, 0.2) is 0 Å². The van der Waals surface area contributed by atoms with Gasteiger partial charge in [-0.25, -0.2) is 4.39 Å². The Kier molecular flexibility index (Phi) is 4.40. The van der Waals surface area contributed by atoms with Crippen molar-refractivity contribution in [3.05, 3.63) is 35.1 Å². The van der Waals surface area contributed by atoms with Crippen LogP contribution in [0.3, 0.4) is 0 Å². The topological polar surface area (TPSA) is 78.9 Å². The number of carbonyl (C=O) groups excluding carboxylic acids is 1. The highest BCUT2D eigenvalue weighted by Crippen LogP contribution is 2.14. The molecule has 4 nitrogen and oxygen atoms in total. The zero-order valence-corrected chi connectivity index (χ0v) is 10.5. The van der Waals surface area contributed by atoms with E-state index in [0.29, 0.717) is 24.2 Å². The van der Waals surface area contributed by atoms with Crippen molar-refractivity contribution in [2.75, 3.05) is 6.54 Å². The number of primary amides is 1. The first kappa shape index (κ1) is 14.1. The summed E-state index contributed by atoms with van der Waals surface area (Å²) in [5, 5.41) is 11.9. The number of benzene rings is 1. The molecular formula is C13H16FN3O. The van der Waals surface area contributed by atoms with Crippen LogP contribution >= 0.6 is 0 Å². The third-order valence-corrected chi connectivity index (χ3v) is 2.74. The second kappa shape index (κ2) is 5.61. The summed E-state index contributed by atoms with van der Waals surface area (Å²) in [6.07, 6.45) is 0. The van der Waals surface area contributed by atoms with Crippen molar-refractivity contribution in [1.29, 1.82) is 5.26 Å². The standard InChI is InChI=1S/C13H16FN3O/c1-13(2,12(16)18)8-17-7-10-5-11(14)4-3-9(10)6-15/h3-5,17H,7-8H2,1-2H3,(H2,16,18). The van der Waals surface area contributed by atoms with Crippen LogP contribution in [0.2, 0.25) is 0 Å². The molecule has 0 spiro atoms. The molecule has 5 heteroatoms. The summed E-state index contributed by atoms with van der Waals surface area (Å²) in [6.45, 7) is 4.12. The number of halogens is 1. The highest BCUT2D eigenvalue weighted by molar-refractivity contribution is 5.80. The predicted molar refractivity (Wildman–Crippen MR) is 65.8 cm³/mol. The smallest absolute Gasteiger partial charge is 0.224 e. The number of carbonyl (C=O) groups is 1. The molecule has 1 amide bonds. The zero-order chi connectivity index (χ0) is 13.8. The Morgan fingerprint density at radius 1 is 1.56 bits per heavy atom. The molecule has 96 valence electrons. The highest BCUT2D eigenvalue weighted by Gasteiger charge is 2.24. The number of nitriles is 1. The van der Waals surface area contributed by atoms with Gasteiger partial charge in [-0.1, -0.05) is 0 Å². The van der Waals surface area contributed by atoms with Crippen molar-refractivity contribution in [1.82, 2.24) is 5.32 Å². The molecule has 0 saturated carbocycles. The number of nitrogens with one attached hydrogen (secondary N) is 1. The summed E-state index contributed by atoms with van der Waals surface area (Å²) in [4.78, 5) is 11.1. The number of nitrogens with zero attached hydrogens (tertiary/aromatic N) is 1. The predicted octanol–water partition coefficient (Wildman–Crippen LogP) is 1.30. The van der Waals surface area contributed by atoms with Gasteiger partial charge in [0, 0.05) is 13.1 Å². The Labute approximate surface area is 106 Å². The molecule has 1 aromatic carbocycles. The minimum Gasteiger partial charge on any atom is -0.369 e. The lowest BCUT2D eigenvalue weighted by molar-refractivity contribution is -0.125. The van der Waals surface area contributed by atoms with Crippen molar-refractivity contribution >= 4 is 5.91 Å². The highest BCUT2D eigenvalue weighted by atomic mass is 19.1. The first-order valence-electron chi connectivity index (χ1n) is 5.56. The molecule has 18 heavy (non-hydrogen) atoms. The van der Waals surface area contributed by atoms with E-state index in [-0.39, 0.29) is 5.82 Å². The van der Waals surface area contributed by atoms with E-state index in [4.69, 9.17) is 11.0 Å². The molecule has 0 bridgehead atoms. The molecule has 0 unspecified atom stereocenters. The average Bonchev–Trinajstić information content (AvgIpc) is 2.29. The molecule has 0 aliphatic rings. The van der Waals surface area contributed by atoms with Crippen LogP contribution in [0.4, 0.5) is 4.39 Å². The van der Waals surface area contributed by atoms with Crippen molar-refractivity contribution in [2.45, 2.75) is 20.4 Å². The number of amides is 1. The number of hydrogen-bond donors (Lipinski definition) is 2. The van der Waals surface area contributed by atoms with E-state index in [1.165, 1.54) is 18.2 Å². The Bertz CT molecular complexity index is 491. The summed E-state index contributed by atoms with van der Waals surface area (Å²) >= 11 is 0. The van der Waals surface area contributed by atoms with Crippen LogP contribution in [-0.2, 0) is 11.3 Å². The van der Waals surface area contributed by atoms with Gasteiger partial charge in [0.2, 0.25) is 5.91 Å². The SMILES string of the molecule is CC(C)(CNCc1cc(F)ccc1C#N)C(N)=O. The van der Waals surface area contributed by atoms with E-state index in [1.54, 1.807) is 13.8 Å². The van der Waals surface area contributed by atoms with Crippen LogP contribution in [0.25, 0.3) is 0 Å². The molecule has 0 aromatic heterocycles. The molecule has 0 aliphatic heterocycles. The Morgan fingerprint density at radius 2 is 2.22 bits per heavy atom. The van der Waals surface area contributed by atoms with E-state index in [9.17, 15) is 9.18 Å². The average molecular weight is 249 g/mol. The van der Waals surface area contributed by atoms with Crippen molar-refractivity contribution in [3.8, 4) is 6.07 Å². The molecule has 3 N–H and O–H groups in total. The molecule has 0 radical (unpaired) electrons. The molecule has 0 heterocycles. The minimum atomic E-state index is -0.680. The zero-order valence-electron chi connectivity index (χ0n) is 10.5.